The molecule has 0 atom stereocenters. The molecule has 3 N–H and O–H groups in total. The SMILES string of the molecule is Cc1cc(N)c2c(c1)CCCN2. The van der Waals surface area contributed by atoms with Gasteiger partial charge in [-0.25, -0.2) is 0 Å². The molecule has 0 fully saturated rings. The van der Waals surface area contributed by atoms with Crippen molar-refractivity contribution in [1.29, 1.82) is 0 Å². The maximum atomic E-state index is 5.88. The molecule has 64 valence electrons. The highest BCUT2D eigenvalue weighted by atomic mass is 14.9. The van der Waals surface area contributed by atoms with Crippen molar-refractivity contribution in [3.05, 3.63) is 23.3 Å². The highest BCUT2D eigenvalue weighted by Gasteiger charge is 2.10. The summed E-state index contributed by atoms with van der Waals surface area (Å²) in [4.78, 5) is 0. The van der Waals surface area contributed by atoms with Gasteiger partial charge in [0.2, 0.25) is 0 Å². The fourth-order valence-electron chi connectivity index (χ4n) is 1.80. The predicted molar refractivity (Wildman–Crippen MR) is 52.4 cm³/mol. The number of benzene rings is 1. The molecule has 1 aliphatic rings. The van der Waals surface area contributed by atoms with Crippen molar-refractivity contribution >= 4 is 11.4 Å². The Hall–Kier alpha value is -1.18. The van der Waals surface area contributed by atoms with Crippen LogP contribution in [0, 0.1) is 6.92 Å². The van der Waals surface area contributed by atoms with Crippen molar-refractivity contribution in [2.45, 2.75) is 19.8 Å². The molecule has 0 amide bonds. The molecule has 0 unspecified atom stereocenters. The van der Waals surface area contributed by atoms with E-state index in [-0.39, 0.29) is 0 Å². The Bertz CT molecular complexity index is 305. The van der Waals surface area contributed by atoms with Crippen molar-refractivity contribution < 1.29 is 0 Å². The standard InChI is InChI=1S/C10H14N2/c1-7-5-8-3-2-4-12-10(8)9(11)6-7/h5-6,12H,2-4,11H2,1H3. The normalized spacial score (nSPS) is 15.1. The molecule has 0 saturated heterocycles. The highest BCUT2D eigenvalue weighted by molar-refractivity contribution is 5.72. The maximum Gasteiger partial charge on any atom is 0.0606 e. The van der Waals surface area contributed by atoms with Crippen LogP contribution in [0.3, 0.4) is 0 Å². The fraction of sp³-hybridized carbons (Fsp3) is 0.400. The number of hydrogen-bond acceptors (Lipinski definition) is 2. The van der Waals surface area contributed by atoms with E-state index < -0.39 is 0 Å². The Morgan fingerprint density at radius 2 is 2.25 bits per heavy atom. The van der Waals surface area contributed by atoms with Crippen LogP contribution in [0.5, 0.6) is 0 Å². The van der Waals surface area contributed by atoms with Gasteiger partial charge in [0, 0.05) is 6.54 Å². The van der Waals surface area contributed by atoms with Gasteiger partial charge < -0.3 is 11.1 Å². The largest absolute Gasteiger partial charge is 0.397 e. The Labute approximate surface area is 72.8 Å². The average Bonchev–Trinajstić information content (AvgIpc) is 2.04. The first-order valence-corrected chi connectivity index (χ1v) is 4.40. The van der Waals surface area contributed by atoms with E-state index in [2.05, 4.69) is 18.3 Å². The van der Waals surface area contributed by atoms with Gasteiger partial charge in [-0.15, -0.1) is 0 Å². The summed E-state index contributed by atoms with van der Waals surface area (Å²) in [6.07, 6.45) is 2.38. The van der Waals surface area contributed by atoms with Crippen LogP contribution < -0.4 is 11.1 Å². The number of hydrogen-bond donors (Lipinski definition) is 2. The Morgan fingerprint density at radius 1 is 1.42 bits per heavy atom. The van der Waals surface area contributed by atoms with Gasteiger partial charge in [-0.05, 0) is 37.0 Å². The zero-order chi connectivity index (χ0) is 8.55. The average molecular weight is 162 g/mol. The lowest BCUT2D eigenvalue weighted by atomic mass is 10.00. The minimum atomic E-state index is 0.893. The van der Waals surface area contributed by atoms with Crippen LogP contribution in [0.1, 0.15) is 17.5 Å². The molecular formula is C10H14N2. The third kappa shape index (κ3) is 1.13. The van der Waals surface area contributed by atoms with Gasteiger partial charge in [0.25, 0.3) is 0 Å². The number of nitrogens with two attached hydrogens (primary N) is 1. The quantitative estimate of drug-likeness (QED) is 0.572. The third-order valence-corrected chi connectivity index (χ3v) is 2.32. The minimum absolute atomic E-state index is 0.893. The molecule has 2 rings (SSSR count). The molecule has 0 aliphatic carbocycles. The zero-order valence-corrected chi connectivity index (χ0v) is 7.35. The summed E-state index contributed by atoms with van der Waals surface area (Å²) in [6.45, 7) is 3.14. The molecule has 1 heterocycles. The summed E-state index contributed by atoms with van der Waals surface area (Å²) in [5.41, 5.74) is 10.6. The number of rotatable bonds is 0. The molecule has 0 spiro atoms. The van der Waals surface area contributed by atoms with Gasteiger partial charge in [-0.1, -0.05) is 6.07 Å². The second kappa shape index (κ2) is 2.70. The van der Waals surface area contributed by atoms with Crippen LogP contribution in [0.4, 0.5) is 11.4 Å². The van der Waals surface area contributed by atoms with Crippen molar-refractivity contribution in [2.24, 2.45) is 0 Å². The number of nitrogens with one attached hydrogen (secondary N) is 1. The van der Waals surface area contributed by atoms with Crippen molar-refractivity contribution in [3.8, 4) is 0 Å². The van der Waals surface area contributed by atoms with E-state index in [9.17, 15) is 0 Å². The lowest BCUT2D eigenvalue weighted by Crippen LogP contribution is -2.13. The number of fused-ring (bicyclic) bond motifs is 1. The van der Waals surface area contributed by atoms with Crippen LogP contribution in [0.25, 0.3) is 0 Å². The summed E-state index contributed by atoms with van der Waals surface area (Å²) < 4.78 is 0. The molecule has 0 saturated carbocycles. The Balaban J connectivity index is 2.53. The summed E-state index contributed by atoms with van der Waals surface area (Å²) in [5, 5.41) is 3.33. The molecule has 2 heteroatoms. The first-order chi connectivity index (χ1) is 5.77. The molecular weight excluding hydrogens is 148 g/mol. The van der Waals surface area contributed by atoms with E-state index >= 15 is 0 Å². The number of nitrogen functional groups attached to an aromatic ring is 1. The monoisotopic (exact) mass is 162 g/mol. The third-order valence-electron chi connectivity index (χ3n) is 2.32. The van der Waals surface area contributed by atoms with Crippen LogP contribution >= 0.6 is 0 Å². The second-order valence-electron chi connectivity index (χ2n) is 3.42. The fourth-order valence-corrected chi connectivity index (χ4v) is 1.80. The molecule has 0 bridgehead atoms. The van der Waals surface area contributed by atoms with E-state index in [4.69, 9.17) is 5.73 Å². The zero-order valence-electron chi connectivity index (χ0n) is 7.35. The van der Waals surface area contributed by atoms with Gasteiger partial charge in [0.05, 0.1) is 11.4 Å². The van der Waals surface area contributed by atoms with Gasteiger partial charge in [0.15, 0.2) is 0 Å². The van der Waals surface area contributed by atoms with E-state index in [1.54, 1.807) is 0 Å². The van der Waals surface area contributed by atoms with Crippen molar-refractivity contribution in [2.75, 3.05) is 17.6 Å². The van der Waals surface area contributed by atoms with Gasteiger partial charge in [-0.2, -0.15) is 0 Å². The van der Waals surface area contributed by atoms with Crippen LogP contribution in [-0.2, 0) is 6.42 Å². The van der Waals surface area contributed by atoms with Crippen molar-refractivity contribution in [3.63, 3.8) is 0 Å². The first kappa shape index (κ1) is 7.47. The summed E-state index contributed by atoms with van der Waals surface area (Å²) in [7, 11) is 0. The van der Waals surface area contributed by atoms with E-state index in [0.29, 0.717) is 0 Å². The second-order valence-corrected chi connectivity index (χ2v) is 3.42. The van der Waals surface area contributed by atoms with Crippen LogP contribution in [0.15, 0.2) is 12.1 Å². The van der Waals surface area contributed by atoms with E-state index in [0.717, 1.165) is 24.3 Å². The minimum Gasteiger partial charge on any atom is -0.397 e. The maximum absolute atomic E-state index is 5.88. The van der Waals surface area contributed by atoms with Gasteiger partial charge in [-0.3, -0.25) is 0 Å². The summed E-state index contributed by atoms with van der Waals surface area (Å²) in [5.74, 6) is 0. The molecule has 2 nitrogen and oxygen atoms in total. The number of aryl methyl sites for hydroxylation is 2. The number of anilines is 2. The highest BCUT2D eigenvalue weighted by Crippen LogP contribution is 2.29. The smallest absolute Gasteiger partial charge is 0.0606 e. The first-order valence-electron chi connectivity index (χ1n) is 4.40. The molecule has 0 radical (unpaired) electrons. The van der Waals surface area contributed by atoms with Crippen LogP contribution in [0.2, 0.25) is 0 Å². The van der Waals surface area contributed by atoms with Crippen molar-refractivity contribution in [1.82, 2.24) is 0 Å². The lowest BCUT2D eigenvalue weighted by Gasteiger charge is -2.20. The van der Waals surface area contributed by atoms with E-state index in [1.807, 2.05) is 6.07 Å². The van der Waals surface area contributed by atoms with Gasteiger partial charge >= 0.3 is 0 Å². The Kier molecular flexibility index (Phi) is 1.68. The summed E-state index contributed by atoms with van der Waals surface area (Å²) >= 11 is 0. The molecule has 1 aromatic carbocycles. The Morgan fingerprint density at radius 3 is 3.08 bits per heavy atom. The molecule has 1 aliphatic heterocycles. The van der Waals surface area contributed by atoms with E-state index in [1.165, 1.54) is 17.5 Å². The summed E-state index contributed by atoms with van der Waals surface area (Å²) in [6, 6.07) is 4.25. The molecule has 12 heavy (non-hydrogen) atoms. The van der Waals surface area contributed by atoms with Gasteiger partial charge in [0.1, 0.15) is 0 Å². The lowest BCUT2D eigenvalue weighted by molar-refractivity contribution is 0.830. The topological polar surface area (TPSA) is 38.0 Å². The molecule has 0 aromatic heterocycles. The predicted octanol–water partition coefficient (Wildman–Crippen LogP) is 1.94. The molecule has 1 aromatic rings. The van der Waals surface area contributed by atoms with Crippen LogP contribution in [-0.4, -0.2) is 6.54 Å².